The molecule has 0 unspecified atom stereocenters. The van der Waals surface area contributed by atoms with Gasteiger partial charge in [0.15, 0.2) is 5.11 Å². The van der Waals surface area contributed by atoms with E-state index in [1.54, 1.807) is 30.5 Å². The predicted molar refractivity (Wildman–Crippen MR) is 125 cm³/mol. The first-order chi connectivity index (χ1) is 15.0. The molecule has 10 heteroatoms. The van der Waals surface area contributed by atoms with E-state index in [1.165, 1.54) is 14.2 Å². The Morgan fingerprint density at radius 2 is 1.77 bits per heavy atom. The Hall–Kier alpha value is -3.43. The summed E-state index contributed by atoms with van der Waals surface area (Å²) in [4.78, 5) is 8.38. The highest BCUT2D eigenvalue weighted by Crippen LogP contribution is 2.27. The maximum atomic E-state index is 5.98. The molecule has 0 saturated carbocycles. The van der Waals surface area contributed by atoms with Gasteiger partial charge >= 0.3 is 6.01 Å². The predicted octanol–water partition coefficient (Wildman–Crippen LogP) is 4.57. The Morgan fingerprint density at radius 3 is 2.45 bits per heavy atom. The van der Waals surface area contributed by atoms with E-state index in [4.69, 9.17) is 38.0 Å². The first kappa shape index (κ1) is 22.3. The van der Waals surface area contributed by atoms with Crippen LogP contribution >= 0.6 is 23.8 Å². The Morgan fingerprint density at radius 1 is 1.06 bits per heavy atom. The average Bonchev–Trinajstić information content (AvgIpc) is 2.75. The average molecular weight is 458 g/mol. The molecule has 0 aliphatic heterocycles. The second-order valence-corrected chi connectivity index (χ2v) is 7.00. The van der Waals surface area contributed by atoms with Crippen LogP contribution in [0.4, 0.5) is 5.69 Å². The van der Waals surface area contributed by atoms with Gasteiger partial charge in [0.1, 0.15) is 5.75 Å². The summed E-state index contributed by atoms with van der Waals surface area (Å²) in [5, 5.41) is 8.14. The summed E-state index contributed by atoms with van der Waals surface area (Å²) in [7, 11) is 3.00. The smallest absolute Gasteiger partial charge is 0.328 e. The van der Waals surface area contributed by atoms with Crippen molar-refractivity contribution in [1.29, 1.82) is 0 Å². The van der Waals surface area contributed by atoms with Gasteiger partial charge in [0.05, 0.1) is 26.5 Å². The Bertz CT molecular complexity index is 1090. The molecule has 1 heterocycles. The maximum absolute atomic E-state index is 5.98. The van der Waals surface area contributed by atoms with Crippen molar-refractivity contribution >= 4 is 40.8 Å². The third kappa shape index (κ3) is 6.27. The minimum absolute atomic E-state index is 0.0857. The summed E-state index contributed by atoms with van der Waals surface area (Å²) in [5.74, 6) is 1.15. The number of hydrogen-bond acceptors (Lipinski definition) is 7. The topological polar surface area (TPSA) is 89.9 Å². The largest absolute Gasteiger partial charge is 0.481 e. The number of hydrazone groups is 1. The summed E-state index contributed by atoms with van der Waals surface area (Å²) in [6.45, 7) is 1.93. The van der Waals surface area contributed by atoms with E-state index in [2.05, 4.69) is 25.8 Å². The lowest BCUT2D eigenvalue weighted by Gasteiger charge is -2.11. The van der Waals surface area contributed by atoms with Gasteiger partial charge in [-0.25, -0.2) is 0 Å². The molecular weight excluding hydrogens is 438 g/mol. The minimum Gasteiger partial charge on any atom is -0.481 e. The fourth-order valence-corrected chi connectivity index (χ4v) is 2.89. The van der Waals surface area contributed by atoms with E-state index >= 15 is 0 Å². The zero-order valence-corrected chi connectivity index (χ0v) is 18.6. The van der Waals surface area contributed by atoms with Gasteiger partial charge < -0.3 is 19.5 Å². The Balaban J connectivity index is 1.74. The molecule has 0 amide bonds. The number of aromatic nitrogens is 2. The molecule has 0 fully saturated rings. The van der Waals surface area contributed by atoms with Crippen LogP contribution in [0.3, 0.4) is 0 Å². The summed E-state index contributed by atoms with van der Waals surface area (Å²) < 4.78 is 16.2. The SMILES string of the molecule is COc1cc(OC)nc(Oc2cccc(C)c2/C=N/NC(=S)Nc2cccc(Cl)c2)n1. The van der Waals surface area contributed by atoms with Crippen LogP contribution in [-0.4, -0.2) is 35.5 Å². The Labute approximate surface area is 190 Å². The zero-order chi connectivity index (χ0) is 22.2. The molecule has 1 aromatic heterocycles. The number of hydrogen-bond donors (Lipinski definition) is 2. The number of halogens is 1. The lowest BCUT2D eigenvalue weighted by molar-refractivity contribution is 0.348. The number of benzene rings is 2. The molecule has 2 N–H and O–H groups in total. The number of nitrogens with zero attached hydrogens (tertiary/aromatic N) is 3. The quantitative estimate of drug-likeness (QED) is 0.303. The third-order valence-corrected chi connectivity index (χ3v) is 4.43. The molecule has 8 nitrogen and oxygen atoms in total. The summed E-state index contributed by atoms with van der Waals surface area (Å²) >= 11 is 11.2. The van der Waals surface area contributed by atoms with Gasteiger partial charge in [0.25, 0.3) is 0 Å². The molecule has 2 aromatic carbocycles. The molecule has 0 atom stereocenters. The summed E-state index contributed by atoms with van der Waals surface area (Å²) in [6.07, 6.45) is 1.61. The van der Waals surface area contributed by atoms with Crippen molar-refractivity contribution in [3.05, 3.63) is 64.7 Å². The first-order valence-electron chi connectivity index (χ1n) is 9.08. The van der Waals surface area contributed by atoms with Crippen LogP contribution in [-0.2, 0) is 0 Å². The molecule has 160 valence electrons. The molecule has 0 radical (unpaired) electrons. The molecule has 0 saturated heterocycles. The molecule has 0 aliphatic rings. The minimum atomic E-state index is 0.0857. The zero-order valence-electron chi connectivity index (χ0n) is 17.0. The van der Waals surface area contributed by atoms with E-state index < -0.39 is 0 Å². The van der Waals surface area contributed by atoms with Gasteiger partial charge in [0.2, 0.25) is 11.8 Å². The van der Waals surface area contributed by atoms with Crippen molar-refractivity contribution in [3.63, 3.8) is 0 Å². The van der Waals surface area contributed by atoms with Gasteiger partial charge in [-0.05, 0) is 49.0 Å². The van der Waals surface area contributed by atoms with Crippen LogP contribution in [0.25, 0.3) is 0 Å². The van der Waals surface area contributed by atoms with E-state index in [-0.39, 0.29) is 6.01 Å². The molecule has 3 rings (SSSR count). The third-order valence-electron chi connectivity index (χ3n) is 4.00. The molecule has 31 heavy (non-hydrogen) atoms. The van der Waals surface area contributed by atoms with E-state index in [0.29, 0.717) is 27.6 Å². The fraction of sp³-hybridized carbons (Fsp3) is 0.143. The van der Waals surface area contributed by atoms with Crippen molar-refractivity contribution in [1.82, 2.24) is 15.4 Å². The van der Waals surface area contributed by atoms with E-state index in [0.717, 1.165) is 16.8 Å². The second kappa shape index (κ2) is 10.6. The van der Waals surface area contributed by atoms with Gasteiger partial charge in [-0.2, -0.15) is 15.1 Å². The standard InChI is InChI=1S/C21H20ClN5O3S/c1-13-6-4-9-17(30-20-25-18(28-2)11-19(26-20)29-3)16(13)12-23-27-21(31)24-15-8-5-7-14(22)10-15/h4-12H,1-3H3,(H2,24,27,31)/b23-12+. The van der Waals surface area contributed by atoms with Gasteiger partial charge in [-0.15, -0.1) is 0 Å². The lowest BCUT2D eigenvalue weighted by atomic mass is 10.1. The van der Waals surface area contributed by atoms with Crippen molar-refractivity contribution in [3.8, 4) is 23.5 Å². The molecule has 0 bridgehead atoms. The van der Waals surface area contributed by atoms with Crippen molar-refractivity contribution in [2.24, 2.45) is 5.10 Å². The van der Waals surface area contributed by atoms with E-state index in [9.17, 15) is 0 Å². The molecule has 3 aromatic rings. The molecule has 0 spiro atoms. The number of ether oxygens (including phenoxy) is 3. The van der Waals surface area contributed by atoms with Crippen molar-refractivity contribution in [2.75, 3.05) is 19.5 Å². The number of methoxy groups -OCH3 is 2. The number of anilines is 1. The van der Waals surface area contributed by atoms with Crippen LogP contribution in [0.5, 0.6) is 23.5 Å². The monoisotopic (exact) mass is 457 g/mol. The van der Waals surface area contributed by atoms with Crippen LogP contribution in [0.15, 0.2) is 53.6 Å². The van der Waals surface area contributed by atoms with Crippen LogP contribution < -0.4 is 25.0 Å². The van der Waals surface area contributed by atoms with E-state index in [1.807, 2.05) is 31.2 Å². The highest BCUT2D eigenvalue weighted by Gasteiger charge is 2.11. The summed E-state index contributed by atoms with van der Waals surface area (Å²) in [5.41, 5.74) is 5.19. The van der Waals surface area contributed by atoms with Crippen LogP contribution in [0.2, 0.25) is 5.02 Å². The second-order valence-electron chi connectivity index (χ2n) is 6.16. The van der Waals surface area contributed by atoms with Crippen LogP contribution in [0.1, 0.15) is 11.1 Å². The molecular formula is C21H20ClN5O3S. The van der Waals surface area contributed by atoms with Gasteiger partial charge in [-0.1, -0.05) is 29.8 Å². The number of rotatable bonds is 7. The number of aryl methyl sites for hydroxylation is 1. The number of thiocarbonyl (C=S) groups is 1. The van der Waals surface area contributed by atoms with Crippen LogP contribution in [0, 0.1) is 6.92 Å². The molecule has 0 aliphatic carbocycles. The summed E-state index contributed by atoms with van der Waals surface area (Å²) in [6, 6.07) is 14.4. The lowest BCUT2D eigenvalue weighted by Crippen LogP contribution is -2.23. The van der Waals surface area contributed by atoms with Gasteiger partial charge in [0, 0.05) is 16.3 Å². The van der Waals surface area contributed by atoms with Crippen molar-refractivity contribution in [2.45, 2.75) is 6.92 Å². The highest BCUT2D eigenvalue weighted by molar-refractivity contribution is 7.80. The highest BCUT2D eigenvalue weighted by atomic mass is 35.5. The number of nitrogens with one attached hydrogen (secondary N) is 2. The normalized spacial score (nSPS) is 10.6. The first-order valence-corrected chi connectivity index (χ1v) is 9.87. The van der Waals surface area contributed by atoms with Crippen molar-refractivity contribution < 1.29 is 14.2 Å². The Kier molecular flexibility index (Phi) is 7.58. The van der Waals surface area contributed by atoms with Gasteiger partial charge in [-0.3, -0.25) is 5.43 Å². The fourth-order valence-electron chi connectivity index (χ4n) is 2.53. The maximum Gasteiger partial charge on any atom is 0.328 e.